The van der Waals surface area contributed by atoms with E-state index in [9.17, 15) is 14.4 Å². The Morgan fingerprint density at radius 1 is 0.317 bits per heavy atom. The molecule has 0 aliphatic rings. The van der Waals surface area contributed by atoms with E-state index < -0.39 is 6.10 Å². The van der Waals surface area contributed by atoms with Crippen LogP contribution in [0.5, 0.6) is 0 Å². The highest BCUT2D eigenvalue weighted by Gasteiger charge is 2.19. The average Bonchev–Trinajstić information content (AvgIpc) is 3.28. The smallest absolute Gasteiger partial charge is 0.306 e. The van der Waals surface area contributed by atoms with Crippen molar-refractivity contribution in [2.24, 2.45) is 0 Å². The van der Waals surface area contributed by atoms with E-state index in [1.165, 1.54) is 109 Å². The molecular weight excluding hydrogens is 781 g/mol. The number of ether oxygens (including phenoxy) is 3. The lowest BCUT2D eigenvalue weighted by atomic mass is 10.1. The van der Waals surface area contributed by atoms with Crippen LogP contribution in [0.2, 0.25) is 0 Å². The molecule has 364 valence electrons. The Kier molecular flexibility index (Phi) is 49.4. The number of hydrogen-bond acceptors (Lipinski definition) is 6. The second kappa shape index (κ2) is 51.7. The van der Waals surface area contributed by atoms with Crippen molar-refractivity contribution in [3.63, 3.8) is 0 Å². The molecule has 0 radical (unpaired) electrons. The van der Waals surface area contributed by atoms with E-state index >= 15 is 0 Å². The molecule has 0 saturated heterocycles. The maximum absolute atomic E-state index is 12.8. The van der Waals surface area contributed by atoms with E-state index in [-0.39, 0.29) is 31.1 Å². The standard InChI is InChI=1S/C57H100O6/c1-4-7-10-13-16-19-22-25-26-27-28-29-30-33-35-38-41-44-47-50-56(59)62-53-54(63-57(60)51-48-45-42-39-36-32-24-21-18-15-12-9-6-3)52-61-55(58)49-46-43-40-37-34-31-23-20-17-14-11-8-5-2/h11-12,14-15,20-21,23-26,54H,4-10,13,16-19,22,27-53H2,1-3H3/b14-11-,15-12-,23-20-,24-21-,26-25-. The van der Waals surface area contributed by atoms with Gasteiger partial charge in [0.25, 0.3) is 0 Å². The second-order valence-electron chi connectivity index (χ2n) is 17.8. The number of hydrogen-bond donors (Lipinski definition) is 0. The molecule has 0 spiro atoms. The molecule has 0 saturated carbocycles. The van der Waals surface area contributed by atoms with Crippen LogP contribution >= 0.6 is 0 Å². The summed E-state index contributed by atoms with van der Waals surface area (Å²) in [6, 6.07) is 0. The van der Waals surface area contributed by atoms with Crippen LogP contribution in [0, 0.1) is 0 Å². The minimum absolute atomic E-state index is 0.0852. The molecular formula is C57H100O6. The fourth-order valence-electron chi connectivity index (χ4n) is 7.39. The number of allylic oxidation sites excluding steroid dienone is 10. The van der Waals surface area contributed by atoms with Crippen LogP contribution in [-0.4, -0.2) is 37.2 Å². The van der Waals surface area contributed by atoms with Crippen molar-refractivity contribution in [3.8, 4) is 0 Å². The molecule has 0 N–H and O–H groups in total. The maximum atomic E-state index is 12.8. The second-order valence-corrected chi connectivity index (χ2v) is 17.8. The summed E-state index contributed by atoms with van der Waals surface area (Å²) >= 11 is 0. The van der Waals surface area contributed by atoms with Gasteiger partial charge < -0.3 is 14.2 Å². The van der Waals surface area contributed by atoms with E-state index in [1.807, 2.05) is 0 Å². The first-order valence-corrected chi connectivity index (χ1v) is 26.8. The summed E-state index contributed by atoms with van der Waals surface area (Å²) in [7, 11) is 0. The van der Waals surface area contributed by atoms with Crippen molar-refractivity contribution in [2.75, 3.05) is 13.2 Å². The van der Waals surface area contributed by atoms with E-state index in [0.717, 1.165) is 116 Å². The summed E-state index contributed by atoms with van der Waals surface area (Å²) in [5.74, 6) is -0.911. The van der Waals surface area contributed by atoms with Gasteiger partial charge in [-0.05, 0) is 96.3 Å². The Morgan fingerprint density at radius 3 is 0.952 bits per heavy atom. The SMILES string of the molecule is CCC/C=C\C/C=C\CCCCCCCC(=O)OCC(COC(=O)CCCCCCCCCCC/C=C\CCCCCCCC)OC(=O)CCCCCCC/C=C\C/C=C\CCC. The van der Waals surface area contributed by atoms with Crippen LogP contribution in [-0.2, 0) is 28.6 Å². The highest BCUT2D eigenvalue weighted by molar-refractivity contribution is 5.71. The van der Waals surface area contributed by atoms with Crippen molar-refractivity contribution in [3.05, 3.63) is 60.8 Å². The zero-order valence-corrected chi connectivity index (χ0v) is 41.6. The van der Waals surface area contributed by atoms with E-state index in [4.69, 9.17) is 14.2 Å². The molecule has 1 unspecified atom stereocenters. The lowest BCUT2D eigenvalue weighted by Crippen LogP contribution is -2.30. The third kappa shape index (κ3) is 50.0. The van der Waals surface area contributed by atoms with Gasteiger partial charge in [-0.3, -0.25) is 14.4 Å². The molecule has 0 bridgehead atoms. The van der Waals surface area contributed by atoms with Crippen LogP contribution in [0.3, 0.4) is 0 Å². The molecule has 0 aliphatic heterocycles. The summed E-state index contributed by atoms with van der Waals surface area (Å²) in [6.07, 6.45) is 63.5. The molecule has 0 aromatic heterocycles. The van der Waals surface area contributed by atoms with Gasteiger partial charge in [0, 0.05) is 19.3 Å². The molecule has 0 aromatic rings. The van der Waals surface area contributed by atoms with Gasteiger partial charge in [-0.25, -0.2) is 0 Å². The zero-order chi connectivity index (χ0) is 45.8. The van der Waals surface area contributed by atoms with Crippen LogP contribution in [0.1, 0.15) is 265 Å². The highest BCUT2D eigenvalue weighted by atomic mass is 16.6. The molecule has 6 heteroatoms. The Labute approximate surface area is 390 Å². The quantitative estimate of drug-likeness (QED) is 0.0262. The maximum Gasteiger partial charge on any atom is 0.306 e. The summed E-state index contributed by atoms with van der Waals surface area (Å²) in [5, 5.41) is 0. The number of carbonyl (C=O) groups is 3. The normalized spacial score (nSPS) is 12.5. The van der Waals surface area contributed by atoms with Crippen molar-refractivity contribution in [1.29, 1.82) is 0 Å². The zero-order valence-electron chi connectivity index (χ0n) is 41.6. The number of unbranched alkanes of at least 4 members (excludes halogenated alkanes) is 27. The lowest BCUT2D eigenvalue weighted by Gasteiger charge is -2.18. The summed E-state index contributed by atoms with van der Waals surface area (Å²) in [6.45, 7) is 6.49. The summed E-state index contributed by atoms with van der Waals surface area (Å²) < 4.78 is 16.8. The first-order valence-electron chi connectivity index (χ1n) is 26.8. The number of rotatable bonds is 48. The molecule has 0 aliphatic carbocycles. The van der Waals surface area contributed by atoms with Crippen molar-refractivity contribution in [2.45, 2.75) is 271 Å². The molecule has 63 heavy (non-hydrogen) atoms. The predicted molar refractivity (Wildman–Crippen MR) is 270 cm³/mol. The number of carbonyl (C=O) groups excluding carboxylic acids is 3. The van der Waals surface area contributed by atoms with E-state index in [2.05, 4.69) is 81.5 Å². The summed E-state index contributed by atoms with van der Waals surface area (Å²) in [5.41, 5.74) is 0. The Bertz CT molecular complexity index is 1150. The third-order valence-corrected chi connectivity index (χ3v) is 11.4. The Hall–Kier alpha value is -2.89. The first-order chi connectivity index (χ1) is 31.0. The third-order valence-electron chi connectivity index (χ3n) is 11.4. The van der Waals surface area contributed by atoms with Crippen molar-refractivity contribution in [1.82, 2.24) is 0 Å². The topological polar surface area (TPSA) is 78.9 Å². The van der Waals surface area contributed by atoms with Crippen LogP contribution < -0.4 is 0 Å². The molecule has 0 heterocycles. The van der Waals surface area contributed by atoms with Gasteiger partial charge in [-0.1, -0.05) is 210 Å². The molecule has 6 nitrogen and oxygen atoms in total. The molecule has 1 atom stereocenters. The van der Waals surface area contributed by atoms with Gasteiger partial charge in [0.15, 0.2) is 6.10 Å². The van der Waals surface area contributed by atoms with Gasteiger partial charge in [-0.2, -0.15) is 0 Å². The Balaban J connectivity index is 4.36. The predicted octanol–water partition coefficient (Wildman–Crippen LogP) is 17.6. The van der Waals surface area contributed by atoms with Gasteiger partial charge in [-0.15, -0.1) is 0 Å². The molecule has 0 rings (SSSR count). The molecule has 0 amide bonds. The van der Waals surface area contributed by atoms with E-state index in [0.29, 0.717) is 19.3 Å². The highest BCUT2D eigenvalue weighted by Crippen LogP contribution is 2.15. The van der Waals surface area contributed by atoms with Gasteiger partial charge in [0.05, 0.1) is 0 Å². The largest absolute Gasteiger partial charge is 0.462 e. The Morgan fingerprint density at radius 2 is 0.603 bits per heavy atom. The minimum atomic E-state index is -0.787. The molecule has 0 aromatic carbocycles. The monoisotopic (exact) mass is 881 g/mol. The number of esters is 3. The van der Waals surface area contributed by atoms with E-state index in [1.54, 1.807) is 0 Å². The van der Waals surface area contributed by atoms with Crippen molar-refractivity contribution >= 4 is 17.9 Å². The fourth-order valence-corrected chi connectivity index (χ4v) is 7.39. The van der Waals surface area contributed by atoms with Crippen LogP contribution in [0.25, 0.3) is 0 Å². The minimum Gasteiger partial charge on any atom is -0.462 e. The van der Waals surface area contributed by atoms with Crippen molar-refractivity contribution < 1.29 is 28.6 Å². The van der Waals surface area contributed by atoms with Gasteiger partial charge in [0.2, 0.25) is 0 Å². The van der Waals surface area contributed by atoms with Crippen LogP contribution in [0.15, 0.2) is 60.8 Å². The van der Waals surface area contributed by atoms with Gasteiger partial charge >= 0.3 is 17.9 Å². The first kappa shape index (κ1) is 60.1. The fraction of sp³-hybridized carbons (Fsp3) is 0.772. The van der Waals surface area contributed by atoms with Crippen LogP contribution in [0.4, 0.5) is 0 Å². The average molecular weight is 881 g/mol. The lowest BCUT2D eigenvalue weighted by molar-refractivity contribution is -0.167. The summed E-state index contributed by atoms with van der Waals surface area (Å²) in [4.78, 5) is 38.0. The molecule has 0 fully saturated rings. The van der Waals surface area contributed by atoms with Gasteiger partial charge in [0.1, 0.15) is 13.2 Å².